The fourth-order valence-electron chi connectivity index (χ4n) is 1.89. The maximum atomic E-state index is 11.7. The van der Waals surface area contributed by atoms with Crippen LogP contribution in [0.15, 0.2) is 52.3 Å². The Morgan fingerprint density at radius 3 is 2.72 bits per heavy atom. The number of rotatable bonds is 2. The van der Waals surface area contributed by atoms with E-state index >= 15 is 0 Å². The molecule has 3 rings (SSSR count). The predicted octanol–water partition coefficient (Wildman–Crippen LogP) is 4.47. The molecule has 0 saturated carbocycles. The largest absolute Gasteiger partial charge is 0.354 e. The molecule has 0 spiro atoms. The number of anilines is 2. The summed E-state index contributed by atoms with van der Waals surface area (Å²) >= 11 is 4.92. The van der Waals surface area contributed by atoms with Gasteiger partial charge in [-0.1, -0.05) is 45.9 Å². The van der Waals surface area contributed by atoms with Crippen LogP contribution >= 0.6 is 27.7 Å². The van der Waals surface area contributed by atoms with E-state index in [4.69, 9.17) is 0 Å². The van der Waals surface area contributed by atoms with Crippen LogP contribution in [0.5, 0.6) is 0 Å². The molecular weight excluding hydrogens is 310 g/mol. The summed E-state index contributed by atoms with van der Waals surface area (Å²) in [7, 11) is 0. The van der Waals surface area contributed by atoms with Gasteiger partial charge in [-0.05, 0) is 24.3 Å². The number of carbonyl (C=O) groups excluding carboxylic acids is 1. The van der Waals surface area contributed by atoms with Gasteiger partial charge in [0.25, 0.3) is 0 Å². The number of nitrogens with one attached hydrogen (secondary N) is 1. The molecule has 0 radical (unpaired) electrons. The second-order valence-electron chi connectivity index (χ2n) is 3.99. The van der Waals surface area contributed by atoms with Crippen LogP contribution in [-0.4, -0.2) is 11.1 Å². The number of fused-ring (bicyclic) bond motifs is 2. The third kappa shape index (κ3) is 2.06. The van der Waals surface area contributed by atoms with E-state index in [1.807, 2.05) is 36.4 Å². The van der Waals surface area contributed by atoms with Crippen LogP contribution in [-0.2, 0) is 0 Å². The number of hydrogen-bond acceptors (Lipinski definition) is 3. The third-order valence-electron chi connectivity index (χ3n) is 2.80. The Bertz CT molecular complexity index is 627. The first kappa shape index (κ1) is 11.8. The Morgan fingerprint density at radius 1 is 1.11 bits per heavy atom. The van der Waals surface area contributed by atoms with Crippen molar-refractivity contribution in [3.8, 4) is 0 Å². The van der Waals surface area contributed by atoms with Gasteiger partial charge < -0.3 is 5.32 Å². The first-order valence-electron chi connectivity index (χ1n) is 5.55. The second kappa shape index (κ2) is 4.78. The van der Waals surface area contributed by atoms with Gasteiger partial charge >= 0.3 is 0 Å². The molecule has 1 heterocycles. The topological polar surface area (TPSA) is 29.1 Å². The Morgan fingerprint density at radius 2 is 1.89 bits per heavy atom. The average molecular weight is 320 g/mol. The zero-order valence-electron chi connectivity index (χ0n) is 9.44. The molecule has 18 heavy (non-hydrogen) atoms. The number of alkyl halides is 1. The van der Waals surface area contributed by atoms with Crippen LogP contribution in [0.3, 0.4) is 0 Å². The van der Waals surface area contributed by atoms with Gasteiger partial charge in [0.1, 0.15) is 0 Å². The van der Waals surface area contributed by atoms with Crippen molar-refractivity contribution in [1.82, 2.24) is 0 Å². The smallest absolute Gasteiger partial charge is 0.173 e. The third-order valence-corrected chi connectivity index (χ3v) is 4.46. The van der Waals surface area contributed by atoms with Crippen molar-refractivity contribution in [1.29, 1.82) is 0 Å². The first-order valence-corrected chi connectivity index (χ1v) is 7.49. The maximum Gasteiger partial charge on any atom is 0.173 e. The highest BCUT2D eigenvalue weighted by Crippen LogP contribution is 2.44. The molecule has 2 nitrogen and oxygen atoms in total. The van der Waals surface area contributed by atoms with Crippen molar-refractivity contribution in [2.24, 2.45) is 0 Å². The Hall–Kier alpha value is -1.26. The molecule has 2 aromatic rings. The van der Waals surface area contributed by atoms with E-state index in [9.17, 15) is 4.79 Å². The Kier molecular flexibility index (Phi) is 3.14. The molecular formula is C14H10BrNOS. The lowest BCUT2D eigenvalue weighted by atomic mass is 10.1. The molecule has 0 atom stereocenters. The summed E-state index contributed by atoms with van der Waals surface area (Å²) in [6.45, 7) is 0. The number of carbonyl (C=O) groups is 1. The van der Waals surface area contributed by atoms with Gasteiger partial charge in [-0.3, -0.25) is 4.79 Å². The van der Waals surface area contributed by atoms with E-state index < -0.39 is 0 Å². The van der Waals surface area contributed by atoms with Crippen LogP contribution < -0.4 is 5.32 Å². The van der Waals surface area contributed by atoms with Gasteiger partial charge in [-0.15, -0.1) is 0 Å². The summed E-state index contributed by atoms with van der Waals surface area (Å²) in [5.41, 5.74) is 2.84. The highest BCUT2D eigenvalue weighted by atomic mass is 79.9. The molecule has 4 heteroatoms. The van der Waals surface area contributed by atoms with E-state index in [2.05, 4.69) is 27.3 Å². The SMILES string of the molecule is O=C(CBr)c1ccc2c(c1)Nc1ccccc1S2. The fourth-order valence-corrected chi connectivity index (χ4v) is 3.18. The van der Waals surface area contributed by atoms with Crippen molar-refractivity contribution in [3.63, 3.8) is 0 Å². The molecule has 0 aromatic heterocycles. The van der Waals surface area contributed by atoms with E-state index in [1.54, 1.807) is 11.8 Å². The number of benzene rings is 2. The minimum absolute atomic E-state index is 0.100. The molecule has 0 amide bonds. The number of ketones is 1. The average Bonchev–Trinajstić information content (AvgIpc) is 2.43. The van der Waals surface area contributed by atoms with Crippen LogP contribution in [0.2, 0.25) is 0 Å². The number of halogens is 1. The fraction of sp³-hybridized carbons (Fsp3) is 0.0714. The summed E-state index contributed by atoms with van der Waals surface area (Å²) in [4.78, 5) is 14.0. The molecule has 0 aliphatic carbocycles. The van der Waals surface area contributed by atoms with Gasteiger partial charge in [0, 0.05) is 15.4 Å². The molecule has 1 N–H and O–H groups in total. The van der Waals surface area contributed by atoms with Crippen molar-refractivity contribution in [3.05, 3.63) is 48.0 Å². The van der Waals surface area contributed by atoms with E-state index in [-0.39, 0.29) is 5.78 Å². The van der Waals surface area contributed by atoms with E-state index in [0.717, 1.165) is 21.8 Å². The standard InChI is InChI=1S/C14H10BrNOS/c15-8-12(17)9-5-6-14-11(7-9)16-10-3-1-2-4-13(10)18-14/h1-7,16H,8H2. The minimum Gasteiger partial charge on any atom is -0.354 e. The molecule has 90 valence electrons. The van der Waals surface area contributed by atoms with Gasteiger partial charge in [-0.2, -0.15) is 0 Å². The lowest BCUT2D eigenvalue weighted by molar-refractivity contribution is 0.102. The van der Waals surface area contributed by atoms with Gasteiger partial charge in [0.15, 0.2) is 5.78 Å². The summed E-state index contributed by atoms with van der Waals surface area (Å²) in [6.07, 6.45) is 0. The van der Waals surface area contributed by atoms with E-state index in [0.29, 0.717) is 5.33 Å². The quantitative estimate of drug-likeness (QED) is 0.558. The second-order valence-corrected chi connectivity index (χ2v) is 5.64. The monoisotopic (exact) mass is 319 g/mol. The molecule has 2 aromatic carbocycles. The van der Waals surface area contributed by atoms with Crippen molar-refractivity contribution >= 4 is 44.8 Å². The van der Waals surface area contributed by atoms with Crippen molar-refractivity contribution in [2.45, 2.75) is 9.79 Å². The lowest BCUT2D eigenvalue weighted by Crippen LogP contribution is -2.04. The predicted molar refractivity (Wildman–Crippen MR) is 78.4 cm³/mol. The Balaban J connectivity index is 2.01. The first-order chi connectivity index (χ1) is 8.78. The zero-order valence-corrected chi connectivity index (χ0v) is 11.8. The number of Topliss-reactive ketones (excluding diaryl/α,β-unsaturated/α-hetero) is 1. The summed E-state index contributed by atoms with van der Waals surface area (Å²) < 4.78 is 0. The molecule has 0 saturated heterocycles. The van der Waals surface area contributed by atoms with Gasteiger partial charge in [0.2, 0.25) is 0 Å². The molecule has 0 bridgehead atoms. The number of para-hydroxylation sites is 1. The minimum atomic E-state index is 0.100. The van der Waals surface area contributed by atoms with E-state index in [1.165, 1.54) is 4.90 Å². The zero-order chi connectivity index (χ0) is 12.5. The van der Waals surface area contributed by atoms with Crippen LogP contribution in [0, 0.1) is 0 Å². The maximum absolute atomic E-state index is 11.7. The summed E-state index contributed by atoms with van der Waals surface area (Å²) in [5, 5.41) is 3.73. The highest BCUT2D eigenvalue weighted by Gasteiger charge is 2.16. The van der Waals surface area contributed by atoms with Crippen molar-refractivity contribution in [2.75, 3.05) is 10.6 Å². The molecule has 0 fully saturated rings. The van der Waals surface area contributed by atoms with Crippen LogP contribution in [0.1, 0.15) is 10.4 Å². The molecule has 0 unspecified atom stereocenters. The van der Waals surface area contributed by atoms with Crippen LogP contribution in [0.25, 0.3) is 0 Å². The lowest BCUT2D eigenvalue weighted by Gasteiger charge is -2.20. The molecule has 1 aliphatic rings. The normalized spacial score (nSPS) is 12.3. The summed E-state index contributed by atoms with van der Waals surface area (Å²) in [6, 6.07) is 14.0. The van der Waals surface area contributed by atoms with Crippen molar-refractivity contribution < 1.29 is 4.79 Å². The number of hydrogen-bond donors (Lipinski definition) is 1. The molecule has 1 aliphatic heterocycles. The summed E-state index contributed by atoms with van der Waals surface area (Å²) in [5.74, 6) is 0.100. The highest BCUT2D eigenvalue weighted by molar-refractivity contribution is 9.09. The van der Waals surface area contributed by atoms with Gasteiger partial charge in [0.05, 0.1) is 16.7 Å². The van der Waals surface area contributed by atoms with Gasteiger partial charge in [-0.25, -0.2) is 0 Å². The van der Waals surface area contributed by atoms with Crippen LogP contribution in [0.4, 0.5) is 11.4 Å². The Labute approximate surface area is 118 Å².